The van der Waals surface area contributed by atoms with Gasteiger partial charge in [0, 0.05) is 0 Å². The van der Waals surface area contributed by atoms with E-state index in [-0.39, 0.29) is 0 Å². The van der Waals surface area contributed by atoms with Crippen molar-refractivity contribution in [1.82, 2.24) is 0 Å². The van der Waals surface area contributed by atoms with E-state index < -0.39 is 0 Å². The molecular weight excluding hydrogens is 98.0 g/mol. The first kappa shape index (κ1) is 8.82. The van der Waals surface area contributed by atoms with Gasteiger partial charge in [0.2, 0.25) is 0 Å². The molecule has 0 saturated heterocycles. The Hall–Kier alpha value is 0.449. The maximum absolute atomic E-state index is 9.31. The molecule has 0 aliphatic heterocycles. The molecule has 0 spiro atoms. The van der Waals surface area contributed by atoms with Gasteiger partial charge in [-0.05, 0) is 0 Å². The molecule has 2 heteroatoms. The van der Waals surface area contributed by atoms with Gasteiger partial charge in [-0.2, -0.15) is 6.92 Å². The number of hydrogen-bond acceptors (Lipinski definition) is 0. The van der Waals surface area contributed by atoms with Crippen LogP contribution < -0.4 is 0 Å². The molecule has 0 unspecified atom stereocenters. The number of halogens is 1. The van der Waals surface area contributed by atoms with E-state index in [2.05, 4.69) is 6.92 Å². The Morgan fingerprint density at radius 1 is 1.50 bits per heavy atom. The third kappa shape index (κ3) is 25.5. The first-order chi connectivity index (χ1) is 2.00. The molecule has 0 bridgehead atoms. The molecule has 27 valence electrons. The van der Waals surface area contributed by atoms with Crippen LogP contribution in [-0.2, 0) is 16.5 Å². The third-order valence-corrected chi connectivity index (χ3v) is 0. The van der Waals surface area contributed by atoms with Gasteiger partial charge in [-0.15, -0.1) is 0 Å². The molecule has 0 nitrogen and oxygen atoms in total. The first-order valence-electron chi connectivity index (χ1n) is 0.850. The second-order valence-electron chi connectivity index (χ2n) is 0. The molecule has 0 aromatic rings. The van der Waals surface area contributed by atoms with E-state index in [0.717, 1.165) is 0 Å². The molecule has 0 rings (SSSR count). The zero-order valence-corrected chi connectivity index (χ0v) is 3.64. The first-order valence-corrected chi connectivity index (χ1v) is 1.30. The summed E-state index contributed by atoms with van der Waals surface area (Å²) in [7, 11) is 0. The molecule has 0 atom stereocenters. The SMILES string of the molecule is [CH2-]C.[F][Mn+]. The van der Waals surface area contributed by atoms with Gasteiger partial charge in [-0.25, -0.2) is 0 Å². The normalized spacial score (nSPS) is 2.75. The molecule has 0 aromatic heterocycles. The van der Waals surface area contributed by atoms with E-state index in [1.807, 2.05) is 0 Å². The van der Waals surface area contributed by atoms with Crippen LogP contribution in [-0.4, -0.2) is 0 Å². The Balaban J connectivity index is 0. The average molecular weight is 103 g/mol. The van der Waals surface area contributed by atoms with Crippen LogP contribution in [0.1, 0.15) is 6.92 Å². The number of rotatable bonds is 0. The third-order valence-electron chi connectivity index (χ3n) is 0. The van der Waals surface area contributed by atoms with Crippen molar-refractivity contribution in [3.63, 3.8) is 0 Å². The molecule has 0 aromatic carbocycles. The van der Waals surface area contributed by atoms with Crippen molar-refractivity contribution in [3.05, 3.63) is 6.92 Å². The topological polar surface area (TPSA) is 0 Å². The Labute approximate surface area is 34.7 Å². The molecule has 0 fully saturated rings. The van der Waals surface area contributed by atoms with Gasteiger partial charge >= 0.3 is 20.0 Å². The molecule has 0 aliphatic rings. The van der Waals surface area contributed by atoms with Crippen LogP contribution in [0.3, 0.4) is 0 Å². The summed E-state index contributed by atoms with van der Waals surface area (Å²) in [5.74, 6) is 0. The molecule has 0 heterocycles. The van der Waals surface area contributed by atoms with Crippen LogP contribution in [0.25, 0.3) is 0 Å². The van der Waals surface area contributed by atoms with Crippen LogP contribution in [0, 0.1) is 6.92 Å². The maximum atomic E-state index is 9.31. The van der Waals surface area contributed by atoms with Crippen LogP contribution in [0.15, 0.2) is 0 Å². The van der Waals surface area contributed by atoms with Crippen molar-refractivity contribution in [2.24, 2.45) is 0 Å². The standard InChI is InChI=1S/C2H5.FH.Mn/c1-2;;/h1H2,2H3;1H;/q-1;;+2/p-1. The average Bonchev–Trinajstić information content (AvgIpc) is 1.50. The Kier molecular flexibility index (Phi) is 226. The molecule has 0 aliphatic carbocycles. The Morgan fingerprint density at radius 3 is 1.50 bits per heavy atom. The van der Waals surface area contributed by atoms with Crippen molar-refractivity contribution in [2.75, 3.05) is 0 Å². The van der Waals surface area contributed by atoms with Gasteiger partial charge in [0.05, 0.1) is 0 Å². The van der Waals surface area contributed by atoms with Gasteiger partial charge in [-0.1, -0.05) is 0 Å². The van der Waals surface area contributed by atoms with E-state index >= 15 is 0 Å². The number of hydrogen-bond donors (Lipinski definition) is 0. The van der Waals surface area contributed by atoms with E-state index in [1.54, 1.807) is 6.92 Å². The fourth-order valence-corrected chi connectivity index (χ4v) is 0. The Bertz CT molecular complexity index is 6.00. The fraction of sp³-hybridized carbons (Fsp3) is 0.500. The summed E-state index contributed by atoms with van der Waals surface area (Å²) in [6.07, 6.45) is 0. The van der Waals surface area contributed by atoms with Crippen LogP contribution in [0.2, 0.25) is 0 Å². The van der Waals surface area contributed by atoms with Crippen molar-refractivity contribution < 1.29 is 20.0 Å². The monoisotopic (exact) mass is 103 g/mol. The molecule has 0 N–H and O–H groups in total. The molecular formula is C2H5FMn. The predicted molar refractivity (Wildman–Crippen MR) is 12.1 cm³/mol. The molecule has 0 saturated carbocycles. The summed E-state index contributed by atoms with van der Waals surface area (Å²) in [4.78, 5) is 0. The summed E-state index contributed by atoms with van der Waals surface area (Å²) in [5, 5.41) is 0. The van der Waals surface area contributed by atoms with E-state index in [0.29, 0.717) is 0 Å². The predicted octanol–water partition coefficient (Wildman–Crippen LogP) is 1.26. The summed E-state index contributed by atoms with van der Waals surface area (Å²) < 4.78 is 9.31. The van der Waals surface area contributed by atoms with E-state index in [9.17, 15) is 3.55 Å². The zero-order chi connectivity index (χ0) is 4.00. The minimum atomic E-state index is 1.44. The van der Waals surface area contributed by atoms with Crippen molar-refractivity contribution in [1.29, 1.82) is 0 Å². The van der Waals surface area contributed by atoms with Crippen molar-refractivity contribution in [3.8, 4) is 0 Å². The van der Waals surface area contributed by atoms with Gasteiger partial charge < -0.3 is 6.92 Å². The summed E-state index contributed by atoms with van der Waals surface area (Å²) in [6.45, 7) is 5.00. The second kappa shape index (κ2) is 102. The fourth-order valence-electron chi connectivity index (χ4n) is 0. The zero-order valence-electron chi connectivity index (χ0n) is 2.46. The summed E-state index contributed by atoms with van der Waals surface area (Å²) in [5.41, 5.74) is 0. The quantitative estimate of drug-likeness (QED) is 0.319. The minimum absolute atomic E-state index is 1.44. The van der Waals surface area contributed by atoms with Gasteiger partial charge in [-0.3, -0.25) is 0 Å². The van der Waals surface area contributed by atoms with Gasteiger partial charge in [0.1, 0.15) is 0 Å². The van der Waals surface area contributed by atoms with Crippen LogP contribution in [0.4, 0.5) is 3.55 Å². The van der Waals surface area contributed by atoms with E-state index in [1.165, 1.54) is 16.5 Å². The summed E-state index contributed by atoms with van der Waals surface area (Å²) in [6, 6.07) is 0. The molecule has 0 amide bonds. The van der Waals surface area contributed by atoms with E-state index in [4.69, 9.17) is 0 Å². The summed E-state index contributed by atoms with van der Waals surface area (Å²) >= 11 is 1.44. The van der Waals surface area contributed by atoms with Gasteiger partial charge in [0.15, 0.2) is 0 Å². The molecule has 4 heavy (non-hydrogen) atoms. The van der Waals surface area contributed by atoms with Crippen LogP contribution in [0.5, 0.6) is 0 Å². The van der Waals surface area contributed by atoms with Crippen molar-refractivity contribution >= 4 is 0 Å². The van der Waals surface area contributed by atoms with Crippen LogP contribution >= 0.6 is 0 Å². The second-order valence-corrected chi connectivity index (χ2v) is 0. The van der Waals surface area contributed by atoms with Crippen molar-refractivity contribution in [2.45, 2.75) is 6.92 Å². The van der Waals surface area contributed by atoms with Gasteiger partial charge in [0.25, 0.3) is 0 Å². The Morgan fingerprint density at radius 2 is 1.50 bits per heavy atom. The molecule has 0 radical (unpaired) electrons.